The summed E-state index contributed by atoms with van der Waals surface area (Å²) < 4.78 is 21.5. The van der Waals surface area contributed by atoms with Crippen LogP contribution in [0.5, 0.6) is 11.5 Å². The lowest BCUT2D eigenvalue weighted by atomic mass is 10.1. The Bertz CT molecular complexity index is 776. The van der Waals surface area contributed by atoms with Gasteiger partial charge in [-0.15, -0.1) is 6.58 Å². The van der Waals surface area contributed by atoms with Crippen molar-refractivity contribution in [1.82, 2.24) is 5.32 Å². The largest absolute Gasteiger partial charge is 0.493 e. The van der Waals surface area contributed by atoms with E-state index >= 15 is 0 Å². The molecule has 1 aromatic carbocycles. The minimum Gasteiger partial charge on any atom is -0.493 e. The molecule has 0 aliphatic carbocycles. The second kappa shape index (κ2) is 9.30. The predicted molar refractivity (Wildman–Crippen MR) is 104 cm³/mol. The van der Waals surface area contributed by atoms with E-state index in [9.17, 15) is 9.59 Å². The first-order valence-electron chi connectivity index (χ1n) is 9.05. The third kappa shape index (κ3) is 6.04. The number of allylic oxidation sites excluding steroid dienone is 1. The van der Waals surface area contributed by atoms with Crippen LogP contribution in [-0.2, 0) is 20.7 Å². The van der Waals surface area contributed by atoms with E-state index < -0.39 is 17.7 Å². The normalized spacial score (nSPS) is 13.8. The van der Waals surface area contributed by atoms with Gasteiger partial charge in [-0.1, -0.05) is 12.1 Å². The molecule has 152 valence electrons. The van der Waals surface area contributed by atoms with E-state index in [1.165, 1.54) is 7.11 Å². The fourth-order valence-corrected chi connectivity index (χ4v) is 2.56. The molecule has 0 unspecified atom stereocenters. The molecule has 1 aliphatic rings. The molecule has 1 heterocycles. The molecule has 0 aromatic heterocycles. The van der Waals surface area contributed by atoms with Crippen molar-refractivity contribution in [3.63, 3.8) is 0 Å². The SMILES string of the molecule is C=CCc1ccc(OC)c(OC2=C(CCNC(=O)OC(C)(C)C)COC2=O)c1. The molecule has 7 heteroatoms. The summed E-state index contributed by atoms with van der Waals surface area (Å²) in [5.74, 6) is 0.517. The number of alkyl carbamates (subject to hydrolysis) is 1. The molecule has 0 saturated carbocycles. The molecule has 0 radical (unpaired) electrons. The van der Waals surface area contributed by atoms with E-state index in [4.69, 9.17) is 18.9 Å². The highest BCUT2D eigenvalue weighted by Crippen LogP contribution is 2.32. The number of nitrogens with one attached hydrogen (secondary N) is 1. The van der Waals surface area contributed by atoms with Crippen LogP contribution in [0.15, 0.2) is 42.2 Å². The minimum atomic E-state index is -0.572. The predicted octanol–water partition coefficient (Wildman–Crippen LogP) is 3.53. The fourth-order valence-electron chi connectivity index (χ4n) is 2.56. The number of carbonyl (C=O) groups is 2. The van der Waals surface area contributed by atoms with Gasteiger partial charge in [-0.05, 0) is 51.3 Å². The molecule has 0 saturated heterocycles. The Kier molecular flexibility index (Phi) is 7.09. The van der Waals surface area contributed by atoms with Gasteiger partial charge >= 0.3 is 12.1 Å². The number of methoxy groups -OCH3 is 1. The van der Waals surface area contributed by atoms with Crippen molar-refractivity contribution >= 4 is 12.1 Å². The number of cyclic esters (lactones) is 1. The van der Waals surface area contributed by atoms with Crippen molar-refractivity contribution < 1.29 is 28.5 Å². The molecule has 28 heavy (non-hydrogen) atoms. The van der Waals surface area contributed by atoms with Gasteiger partial charge in [0.1, 0.15) is 12.2 Å². The van der Waals surface area contributed by atoms with Gasteiger partial charge in [0, 0.05) is 12.1 Å². The molecule has 1 N–H and O–H groups in total. The summed E-state index contributed by atoms with van der Waals surface area (Å²) in [7, 11) is 1.53. The number of esters is 1. The first-order chi connectivity index (χ1) is 13.2. The van der Waals surface area contributed by atoms with Crippen molar-refractivity contribution in [2.24, 2.45) is 0 Å². The van der Waals surface area contributed by atoms with Crippen molar-refractivity contribution in [3.8, 4) is 11.5 Å². The Hall–Kier alpha value is -2.96. The average Bonchev–Trinajstić information content (AvgIpc) is 2.94. The van der Waals surface area contributed by atoms with E-state index in [0.29, 0.717) is 36.5 Å². The topological polar surface area (TPSA) is 83.1 Å². The number of amides is 1. The van der Waals surface area contributed by atoms with E-state index in [2.05, 4.69) is 11.9 Å². The maximum Gasteiger partial charge on any atom is 0.407 e. The van der Waals surface area contributed by atoms with Crippen LogP contribution in [0.3, 0.4) is 0 Å². The Balaban J connectivity index is 2.09. The second-order valence-corrected chi connectivity index (χ2v) is 7.27. The van der Waals surface area contributed by atoms with Crippen molar-refractivity contribution in [3.05, 3.63) is 47.7 Å². The summed E-state index contributed by atoms with van der Waals surface area (Å²) in [5.41, 5.74) is 1.07. The molecule has 7 nitrogen and oxygen atoms in total. The van der Waals surface area contributed by atoms with Gasteiger partial charge < -0.3 is 24.3 Å². The minimum absolute atomic E-state index is 0.124. The van der Waals surface area contributed by atoms with E-state index in [-0.39, 0.29) is 12.4 Å². The molecule has 1 amide bonds. The van der Waals surface area contributed by atoms with E-state index in [0.717, 1.165) is 5.56 Å². The number of hydrogen-bond donors (Lipinski definition) is 1. The van der Waals surface area contributed by atoms with Gasteiger partial charge in [-0.3, -0.25) is 0 Å². The second-order valence-electron chi connectivity index (χ2n) is 7.27. The third-order valence-electron chi connectivity index (χ3n) is 3.80. The Morgan fingerprint density at radius 3 is 2.71 bits per heavy atom. The Morgan fingerprint density at radius 2 is 2.07 bits per heavy atom. The molecule has 1 aromatic rings. The highest BCUT2D eigenvalue weighted by molar-refractivity contribution is 5.90. The summed E-state index contributed by atoms with van der Waals surface area (Å²) in [6.07, 6.45) is 2.33. The van der Waals surface area contributed by atoms with Crippen LogP contribution in [0.4, 0.5) is 4.79 Å². The van der Waals surface area contributed by atoms with Gasteiger partial charge in [-0.2, -0.15) is 0 Å². The summed E-state index contributed by atoms with van der Waals surface area (Å²) in [6, 6.07) is 5.48. The number of hydrogen-bond acceptors (Lipinski definition) is 6. The zero-order valence-corrected chi connectivity index (χ0v) is 16.8. The van der Waals surface area contributed by atoms with Gasteiger partial charge in [-0.25, -0.2) is 9.59 Å². The number of benzene rings is 1. The van der Waals surface area contributed by atoms with Crippen molar-refractivity contribution in [2.75, 3.05) is 20.3 Å². The molecule has 1 aliphatic heterocycles. The van der Waals surface area contributed by atoms with Gasteiger partial charge in [0.05, 0.1) is 7.11 Å². The molecular formula is C21H27NO6. The van der Waals surface area contributed by atoms with Gasteiger partial charge in [0.2, 0.25) is 5.76 Å². The van der Waals surface area contributed by atoms with Crippen LogP contribution in [0.25, 0.3) is 0 Å². The van der Waals surface area contributed by atoms with Crippen LogP contribution in [-0.4, -0.2) is 37.9 Å². The Morgan fingerprint density at radius 1 is 1.32 bits per heavy atom. The summed E-state index contributed by atoms with van der Waals surface area (Å²) >= 11 is 0. The number of ether oxygens (including phenoxy) is 4. The zero-order valence-electron chi connectivity index (χ0n) is 16.8. The standard InChI is InChI=1S/C21H27NO6/c1-6-7-14-8-9-16(25-5)17(12-14)27-18-15(13-26-19(18)23)10-11-22-20(24)28-21(2,3)4/h6,8-9,12H,1,7,10-11,13H2,2-5H3,(H,22,24). The van der Waals surface area contributed by atoms with E-state index in [1.807, 2.05) is 6.07 Å². The zero-order chi connectivity index (χ0) is 20.7. The molecule has 2 rings (SSSR count). The van der Waals surface area contributed by atoms with Gasteiger partial charge in [0.25, 0.3) is 0 Å². The highest BCUT2D eigenvalue weighted by atomic mass is 16.6. The van der Waals surface area contributed by atoms with Crippen molar-refractivity contribution in [2.45, 2.75) is 39.2 Å². The van der Waals surface area contributed by atoms with Crippen LogP contribution >= 0.6 is 0 Å². The van der Waals surface area contributed by atoms with Crippen molar-refractivity contribution in [1.29, 1.82) is 0 Å². The quantitative estimate of drug-likeness (QED) is 0.541. The first-order valence-corrected chi connectivity index (χ1v) is 9.05. The molecule has 0 bridgehead atoms. The molecule has 0 atom stereocenters. The van der Waals surface area contributed by atoms with Crippen LogP contribution < -0.4 is 14.8 Å². The summed E-state index contributed by atoms with van der Waals surface area (Å²) in [6.45, 7) is 9.51. The number of carbonyl (C=O) groups excluding carboxylic acids is 2. The van der Waals surface area contributed by atoms with E-state index in [1.54, 1.807) is 39.0 Å². The number of rotatable bonds is 8. The Labute approximate surface area is 165 Å². The smallest absolute Gasteiger partial charge is 0.407 e. The fraction of sp³-hybridized carbons (Fsp3) is 0.429. The monoisotopic (exact) mass is 389 g/mol. The van der Waals surface area contributed by atoms with Gasteiger partial charge in [0.15, 0.2) is 11.5 Å². The van der Waals surface area contributed by atoms with Crippen LogP contribution in [0, 0.1) is 0 Å². The van der Waals surface area contributed by atoms with Crippen LogP contribution in [0.2, 0.25) is 0 Å². The average molecular weight is 389 g/mol. The lowest BCUT2D eigenvalue weighted by Crippen LogP contribution is -2.33. The molecule has 0 fully saturated rings. The summed E-state index contributed by atoms with van der Waals surface area (Å²) in [4.78, 5) is 23.9. The maximum atomic E-state index is 12.1. The maximum absolute atomic E-state index is 12.1. The highest BCUT2D eigenvalue weighted by Gasteiger charge is 2.28. The lowest BCUT2D eigenvalue weighted by molar-refractivity contribution is -0.138. The summed E-state index contributed by atoms with van der Waals surface area (Å²) in [5, 5.41) is 2.66. The van der Waals surface area contributed by atoms with Crippen LogP contribution in [0.1, 0.15) is 32.8 Å². The third-order valence-corrected chi connectivity index (χ3v) is 3.80. The lowest BCUT2D eigenvalue weighted by Gasteiger charge is -2.19. The first kappa shape index (κ1) is 21.3. The molecular weight excluding hydrogens is 362 g/mol. The molecule has 0 spiro atoms.